The van der Waals surface area contributed by atoms with Gasteiger partial charge in [-0.1, -0.05) is 0 Å². The summed E-state index contributed by atoms with van der Waals surface area (Å²) >= 11 is 0. The third-order valence-electron chi connectivity index (χ3n) is 2.27. The molecule has 0 aliphatic rings. The zero-order valence-electron chi connectivity index (χ0n) is 12.6. The smallest absolute Gasteiger partial charge is 0.411 e. The summed E-state index contributed by atoms with van der Waals surface area (Å²) in [4.78, 5) is 27.1. The summed E-state index contributed by atoms with van der Waals surface area (Å²) in [5.41, 5.74) is -0.362. The Morgan fingerprint density at radius 2 is 2.05 bits per heavy atom. The van der Waals surface area contributed by atoms with E-state index in [1.807, 2.05) is 0 Å². The molecule has 3 N–H and O–H groups in total. The molecule has 2 amide bonds. The van der Waals surface area contributed by atoms with Crippen LogP contribution < -0.4 is 10.6 Å². The molecule has 0 spiro atoms. The molecule has 0 atom stereocenters. The number of anilines is 1. The Balaban J connectivity index is 2.57. The molecule has 116 valence electrons. The molecule has 7 heteroatoms. The number of nitrogens with zero attached hydrogens (tertiary/aromatic N) is 1. The molecule has 1 aromatic rings. The fourth-order valence-electron chi connectivity index (χ4n) is 1.35. The van der Waals surface area contributed by atoms with Gasteiger partial charge in [0.1, 0.15) is 5.69 Å². The Hall–Kier alpha value is -2.15. The SMILES string of the molecule is CC(C)OC(=O)Nc1ccc(C(=O)NCC(C)(C)O)nc1. The van der Waals surface area contributed by atoms with Gasteiger partial charge < -0.3 is 15.2 Å². The van der Waals surface area contributed by atoms with E-state index in [-0.39, 0.29) is 18.3 Å². The molecule has 0 fully saturated rings. The first-order chi connectivity index (χ1) is 9.67. The number of hydrogen-bond donors (Lipinski definition) is 3. The summed E-state index contributed by atoms with van der Waals surface area (Å²) < 4.78 is 4.92. The number of ether oxygens (including phenoxy) is 1. The van der Waals surface area contributed by atoms with Gasteiger partial charge in [0.15, 0.2) is 0 Å². The third kappa shape index (κ3) is 6.71. The average molecular weight is 295 g/mol. The number of nitrogens with one attached hydrogen (secondary N) is 2. The molecular formula is C14H21N3O4. The van der Waals surface area contributed by atoms with Crippen LogP contribution in [-0.2, 0) is 4.74 Å². The van der Waals surface area contributed by atoms with E-state index >= 15 is 0 Å². The summed E-state index contributed by atoms with van der Waals surface area (Å²) in [7, 11) is 0. The lowest BCUT2D eigenvalue weighted by Gasteiger charge is -2.17. The molecule has 21 heavy (non-hydrogen) atoms. The second-order valence-corrected chi connectivity index (χ2v) is 5.51. The highest BCUT2D eigenvalue weighted by atomic mass is 16.6. The van der Waals surface area contributed by atoms with Gasteiger partial charge in [0.2, 0.25) is 0 Å². The fourth-order valence-corrected chi connectivity index (χ4v) is 1.35. The molecule has 0 saturated carbocycles. The molecule has 7 nitrogen and oxygen atoms in total. The molecule has 0 radical (unpaired) electrons. The van der Waals surface area contributed by atoms with Crippen molar-refractivity contribution in [3.8, 4) is 0 Å². The van der Waals surface area contributed by atoms with Gasteiger partial charge in [-0.05, 0) is 39.8 Å². The van der Waals surface area contributed by atoms with Crippen molar-refractivity contribution in [2.24, 2.45) is 0 Å². The van der Waals surface area contributed by atoms with Crippen molar-refractivity contribution in [3.63, 3.8) is 0 Å². The van der Waals surface area contributed by atoms with Crippen molar-refractivity contribution in [1.29, 1.82) is 0 Å². The van der Waals surface area contributed by atoms with Crippen LogP contribution in [0.2, 0.25) is 0 Å². The number of aromatic nitrogens is 1. The van der Waals surface area contributed by atoms with Crippen molar-refractivity contribution in [1.82, 2.24) is 10.3 Å². The lowest BCUT2D eigenvalue weighted by atomic mass is 10.1. The third-order valence-corrected chi connectivity index (χ3v) is 2.27. The van der Waals surface area contributed by atoms with Gasteiger partial charge in [0, 0.05) is 6.54 Å². The lowest BCUT2D eigenvalue weighted by Crippen LogP contribution is -2.38. The van der Waals surface area contributed by atoms with Gasteiger partial charge in [-0.2, -0.15) is 0 Å². The maximum atomic E-state index is 11.8. The van der Waals surface area contributed by atoms with E-state index in [4.69, 9.17) is 4.74 Å². The maximum absolute atomic E-state index is 11.8. The van der Waals surface area contributed by atoms with Gasteiger partial charge in [-0.25, -0.2) is 9.78 Å². The number of hydrogen-bond acceptors (Lipinski definition) is 5. The van der Waals surface area contributed by atoms with Gasteiger partial charge in [0.05, 0.1) is 23.6 Å². The topological polar surface area (TPSA) is 101 Å². The van der Waals surface area contributed by atoms with Crippen LogP contribution in [0.3, 0.4) is 0 Å². The number of rotatable bonds is 5. The Morgan fingerprint density at radius 1 is 1.38 bits per heavy atom. The standard InChI is InChI=1S/C14H21N3O4/c1-9(2)21-13(19)17-10-5-6-11(15-7-10)12(18)16-8-14(3,4)20/h5-7,9,20H,8H2,1-4H3,(H,16,18)(H,17,19). The fraction of sp³-hybridized carbons (Fsp3) is 0.500. The normalized spacial score (nSPS) is 11.1. The highest BCUT2D eigenvalue weighted by Crippen LogP contribution is 2.08. The summed E-state index contributed by atoms with van der Waals surface area (Å²) in [6.45, 7) is 6.79. The van der Waals surface area contributed by atoms with Crippen molar-refractivity contribution in [2.75, 3.05) is 11.9 Å². The monoisotopic (exact) mass is 295 g/mol. The molecule has 1 heterocycles. The highest BCUT2D eigenvalue weighted by molar-refractivity contribution is 5.93. The molecule has 0 bridgehead atoms. The first kappa shape index (κ1) is 16.9. The van der Waals surface area contributed by atoms with Crippen molar-refractivity contribution < 1.29 is 19.4 Å². The number of aliphatic hydroxyl groups is 1. The number of carbonyl (C=O) groups is 2. The second kappa shape index (κ2) is 7.03. The first-order valence-electron chi connectivity index (χ1n) is 6.61. The van der Waals surface area contributed by atoms with Crippen molar-refractivity contribution in [2.45, 2.75) is 39.4 Å². The van der Waals surface area contributed by atoms with E-state index in [1.165, 1.54) is 12.3 Å². The molecule has 0 aliphatic heterocycles. The molecule has 0 aliphatic carbocycles. The number of amides is 2. The predicted octanol–water partition coefficient (Wildman–Crippen LogP) is 1.54. The zero-order chi connectivity index (χ0) is 16.0. The van der Waals surface area contributed by atoms with Gasteiger partial charge in [0.25, 0.3) is 5.91 Å². The predicted molar refractivity (Wildman–Crippen MR) is 78.1 cm³/mol. The minimum atomic E-state index is -0.988. The molecule has 1 aromatic heterocycles. The average Bonchev–Trinajstić information content (AvgIpc) is 2.35. The lowest BCUT2D eigenvalue weighted by molar-refractivity contribution is 0.0692. The van der Waals surface area contributed by atoms with E-state index < -0.39 is 17.6 Å². The van der Waals surface area contributed by atoms with Crippen LogP contribution in [0.15, 0.2) is 18.3 Å². The van der Waals surface area contributed by atoms with E-state index in [2.05, 4.69) is 15.6 Å². The molecular weight excluding hydrogens is 274 g/mol. The number of pyridine rings is 1. The highest BCUT2D eigenvalue weighted by Gasteiger charge is 2.15. The molecule has 0 aromatic carbocycles. The minimum Gasteiger partial charge on any atom is -0.447 e. The summed E-state index contributed by atoms with van der Waals surface area (Å²) in [6, 6.07) is 3.03. The van der Waals surface area contributed by atoms with Gasteiger partial charge >= 0.3 is 6.09 Å². The van der Waals surface area contributed by atoms with Crippen LogP contribution in [-0.4, -0.2) is 40.3 Å². The molecule has 0 saturated heterocycles. The van der Waals surface area contributed by atoms with E-state index in [0.717, 1.165) is 0 Å². The van der Waals surface area contributed by atoms with Crippen LogP contribution in [0.4, 0.5) is 10.5 Å². The summed E-state index contributed by atoms with van der Waals surface area (Å²) in [6.07, 6.45) is 0.566. The van der Waals surface area contributed by atoms with Crippen LogP contribution in [0, 0.1) is 0 Å². The van der Waals surface area contributed by atoms with Crippen molar-refractivity contribution >= 4 is 17.7 Å². The molecule has 0 unspecified atom stereocenters. The first-order valence-corrected chi connectivity index (χ1v) is 6.61. The Bertz CT molecular complexity index is 492. The van der Waals surface area contributed by atoms with Gasteiger partial charge in [-0.3, -0.25) is 10.1 Å². The Kier molecular flexibility index (Phi) is 5.66. The minimum absolute atomic E-state index is 0.119. The maximum Gasteiger partial charge on any atom is 0.411 e. The van der Waals surface area contributed by atoms with Crippen LogP contribution >= 0.6 is 0 Å². The van der Waals surface area contributed by atoms with Gasteiger partial charge in [-0.15, -0.1) is 0 Å². The molecule has 1 rings (SSSR count). The number of carbonyl (C=O) groups excluding carboxylic acids is 2. The van der Waals surface area contributed by atoms with E-state index in [0.29, 0.717) is 5.69 Å². The van der Waals surface area contributed by atoms with Crippen LogP contribution in [0.25, 0.3) is 0 Å². The van der Waals surface area contributed by atoms with Crippen molar-refractivity contribution in [3.05, 3.63) is 24.0 Å². The van der Waals surface area contributed by atoms with E-state index in [9.17, 15) is 14.7 Å². The second-order valence-electron chi connectivity index (χ2n) is 5.51. The van der Waals surface area contributed by atoms with Crippen LogP contribution in [0.5, 0.6) is 0 Å². The Labute approximate surface area is 123 Å². The van der Waals surface area contributed by atoms with Crippen LogP contribution in [0.1, 0.15) is 38.2 Å². The Morgan fingerprint density at radius 3 is 2.52 bits per heavy atom. The van der Waals surface area contributed by atoms with E-state index in [1.54, 1.807) is 33.8 Å². The zero-order valence-corrected chi connectivity index (χ0v) is 12.6. The summed E-state index contributed by atoms with van der Waals surface area (Å²) in [5.74, 6) is -0.395. The summed E-state index contributed by atoms with van der Waals surface area (Å²) in [5, 5.41) is 14.6. The largest absolute Gasteiger partial charge is 0.447 e. The quantitative estimate of drug-likeness (QED) is 0.765.